The Hall–Kier alpha value is -3.02. The smallest absolute Gasteiger partial charge is 0.255 e. The van der Waals surface area contributed by atoms with Crippen LogP contribution in [0, 0.1) is 12.8 Å². The third-order valence-corrected chi connectivity index (χ3v) is 5.02. The van der Waals surface area contributed by atoms with Crippen molar-refractivity contribution >= 4 is 5.91 Å². The molecule has 1 fully saturated rings. The van der Waals surface area contributed by atoms with Gasteiger partial charge in [0.05, 0.1) is 5.56 Å². The van der Waals surface area contributed by atoms with Crippen molar-refractivity contribution in [2.45, 2.75) is 26.2 Å². The van der Waals surface area contributed by atoms with Crippen molar-refractivity contribution in [2.24, 2.45) is 5.92 Å². The molecule has 1 aliphatic heterocycles. The predicted molar refractivity (Wildman–Crippen MR) is 101 cm³/mol. The van der Waals surface area contributed by atoms with Gasteiger partial charge in [0.2, 0.25) is 11.7 Å². The van der Waals surface area contributed by atoms with Gasteiger partial charge in [0.1, 0.15) is 0 Å². The molecule has 1 saturated heterocycles. The lowest BCUT2D eigenvalue weighted by molar-refractivity contribution is 0.0687. The lowest BCUT2D eigenvalue weighted by Gasteiger charge is -2.31. The molecule has 0 spiro atoms. The summed E-state index contributed by atoms with van der Waals surface area (Å²) in [5.74, 6) is 1.81. The summed E-state index contributed by atoms with van der Waals surface area (Å²) in [4.78, 5) is 23.2. The van der Waals surface area contributed by atoms with Crippen LogP contribution in [0.25, 0.3) is 11.4 Å². The van der Waals surface area contributed by atoms with Crippen molar-refractivity contribution in [3.05, 3.63) is 65.8 Å². The van der Waals surface area contributed by atoms with E-state index in [0.717, 1.165) is 43.6 Å². The fraction of sp³-hybridized carbons (Fsp3) is 0.333. The standard InChI is InChI=1S/C21H22N4O2/c1-15-7-8-18(14-22-15)21(26)25-11-9-16(10-12-25)13-19-23-20(24-27-19)17-5-3-2-4-6-17/h2-8,14,16H,9-13H2,1H3. The van der Waals surface area contributed by atoms with Gasteiger partial charge in [0.25, 0.3) is 5.91 Å². The molecule has 6 heteroatoms. The minimum Gasteiger partial charge on any atom is -0.339 e. The minimum absolute atomic E-state index is 0.0603. The van der Waals surface area contributed by atoms with E-state index in [2.05, 4.69) is 15.1 Å². The van der Waals surface area contributed by atoms with Crippen molar-refractivity contribution in [1.29, 1.82) is 0 Å². The fourth-order valence-electron chi connectivity index (χ4n) is 3.41. The Bertz CT molecular complexity index is 897. The number of likely N-dealkylation sites (tertiary alicyclic amines) is 1. The molecule has 138 valence electrons. The van der Waals surface area contributed by atoms with E-state index in [-0.39, 0.29) is 5.91 Å². The molecule has 1 aliphatic rings. The number of hydrogen-bond donors (Lipinski definition) is 0. The van der Waals surface area contributed by atoms with Crippen LogP contribution in [0.5, 0.6) is 0 Å². The second-order valence-corrected chi connectivity index (χ2v) is 7.01. The number of benzene rings is 1. The summed E-state index contributed by atoms with van der Waals surface area (Å²) in [7, 11) is 0. The molecule has 0 bridgehead atoms. The molecule has 0 aliphatic carbocycles. The number of nitrogens with zero attached hydrogens (tertiary/aromatic N) is 4. The Labute approximate surface area is 158 Å². The molecule has 1 aromatic carbocycles. The number of aromatic nitrogens is 3. The van der Waals surface area contributed by atoms with E-state index in [1.54, 1.807) is 6.20 Å². The first-order chi connectivity index (χ1) is 13.2. The van der Waals surface area contributed by atoms with Gasteiger partial charge in [-0.3, -0.25) is 9.78 Å². The van der Waals surface area contributed by atoms with Gasteiger partial charge in [-0.25, -0.2) is 0 Å². The average Bonchev–Trinajstić information content (AvgIpc) is 3.18. The van der Waals surface area contributed by atoms with Crippen molar-refractivity contribution in [1.82, 2.24) is 20.0 Å². The van der Waals surface area contributed by atoms with Gasteiger partial charge in [-0.15, -0.1) is 0 Å². The lowest BCUT2D eigenvalue weighted by atomic mass is 9.93. The molecule has 0 radical (unpaired) electrons. The molecule has 3 heterocycles. The first-order valence-electron chi connectivity index (χ1n) is 9.29. The maximum atomic E-state index is 12.6. The second kappa shape index (κ2) is 7.70. The van der Waals surface area contributed by atoms with Crippen LogP contribution in [0.4, 0.5) is 0 Å². The quantitative estimate of drug-likeness (QED) is 0.710. The van der Waals surface area contributed by atoms with Gasteiger partial charge >= 0.3 is 0 Å². The zero-order valence-electron chi connectivity index (χ0n) is 15.3. The largest absolute Gasteiger partial charge is 0.339 e. The van der Waals surface area contributed by atoms with Crippen LogP contribution in [0.15, 0.2) is 53.2 Å². The van der Waals surface area contributed by atoms with E-state index in [4.69, 9.17) is 4.52 Å². The highest BCUT2D eigenvalue weighted by Crippen LogP contribution is 2.23. The third kappa shape index (κ3) is 4.05. The fourth-order valence-corrected chi connectivity index (χ4v) is 3.41. The molecule has 0 atom stereocenters. The summed E-state index contributed by atoms with van der Waals surface area (Å²) in [5, 5.41) is 4.08. The summed E-state index contributed by atoms with van der Waals surface area (Å²) in [6, 6.07) is 13.5. The van der Waals surface area contributed by atoms with Gasteiger partial charge in [0, 0.05) is 37.0 Å². The van der Waals surface area contributed by atoms with Crippen LogP contribution >= 0.6 is 0 Å². The predicted octanol–water partition coefficient (Wildman–Crippen LogP) is 3.53. The van der Waals surface area contributed by atoms with Gasteiger partial charge in [0.15, 0.2) is 0 Å². The number of carbonyl (C=O) groups is 1. The summed E-state index contributed by atoms with van der Waals surface area (Å²) in [6.45, 7) is 3.41. The number of carbonyl (C=O) groups excluding carboxylic acids is 1. The Morgan fingerprint density at radius 2 is 1.93 bits per heavy atom. The van der Waals surface area contributed by atoms with E-state index < -0.39 is 0 Å². The van der Waals surface area contributed by atoms with Gasteiger partial charge < -0.3 is 9.42 Å². The summed E-state index contributed by atoms with van der Waals surface area (Å²) < 4.78 is 5.43. The van der Waals surface area contributed by atoms with Gasteiger partial charge in [-0.2, -0.15) is 4.98 Å². The molecule has 3 aromatic rings. The molecule has 1 amide bonds. The molecular weight excluding hydrogens is 340 g/mol. The Morgan fingerprint density at radius 1 is 1.15 bits per heavy atom. The maximum Gasteiger partial charge on any atom is 0.255 e. The highest BCUT2D eigenvalue weighted by Gasteiger charge is 2.25. The number of amides is 1. The summed E-state index contributed by atoms with van der Waals surface area (Å²) in [6.07, 6.45) is 4.30. The number of rotatable bonds is 4. The number of pyridine rings is 1. The first kappa shape index (κ1) is 17.4. The zero-order valence-corrected chi connectivity index (χ0v) is 15.3. The monoisotopic (exact) mass is 362 g/mol. The van der Waals surface area contributed by atoms with Crippen LogP contribution in [0.1, 0.15) is 34.8 Å². The Morgan fingerprint density at radius 3 is 2.63 bits per heavy atom. The lowest BCUT2D eigenvalue weighted by Crippen LogP contribution is -2.39. The van der Waals surface area contributed by atoms with Crippen molar-refractivity contribution in [3.63, 3.8) is 0 Å². The van der Waals surface area contributed by atoms with E-state index in [1.165, 1.54) is 0 Å². The Balaban J connectivity index is 1.33. The first-order valence-corrected chi connectivity index (χ1v) is 9.29. The minimum atomic E-state index is 0.0603. The third-order valence-electron chi connectivity index (χ3n) is 5.02. The van der Waals surface area contributed by atoms with E-state index >= 15 is 0 Å². The normalized spacial score (nSPS) is 15.1. The number of hydrogen-bond acceptors (Lipinski definition) is 5. The van der Waals surface area contributed by atoms with E-state index in [0.29, 0.717) is 23.2 Å². The highest BCUT2D eigenvalue weighted by atomic mass is 16.5. The second-order valence-electron chi connectivity index (χ2n) is 7.01. The Kier molecular flexibility index (Phi) is 4.96. The van der Waals surface area contributed by atoms with Crippen molar-refractivity contribution in [2.75, 3.05) is 13.1 Å². The molecular formula is C21H22N4O2. The molecule has 0 unspecified atom stereocenters. The summed E-state index contributed by atoms with van der Waals surface area (Å²) in [5.41, 5.74) is 2.53. The molecule has 0 N–H and O–H groups in total. The SMILES string of the molecule is Cc1ccc(C(=O)N2CCC(Cc3nc(-c4ccccc4)no3)CC2)cn1. The van der Waals surface area contributed by atoms with Crippen LogP contribution in [-0.4, -0.2) is 39.0 Å². The van der Waals surface area contributed by atoms with Crippen LogP contribution in [0.2, 0.25) is 0 Å². The van der Waals surface area contributed by atoms with Crippen molar-refractivity contribution in [3.8, 4) is 11.4 Å². The van der Waals surface area contributed by atoms with E-state index in [1.807, 2.05) is 54.3 Å². The molecule has 2 aromatic heterocycles. The topological polar surface area (TPSA) is 72.1 Å². The summed E-state index contributed by atoms with van der Waals surface area (Å²) >= 11 is 0. The average molecular weight is 362 g/mol. The van der Waals surface area contributed by atoms with E-state index in [9.17, 15) is 4.79 Å². The molecule has 4 rings (SSSR count). The molecule has 0 saturated carbocycles. The highest BCUT2D eigenvalue weighted by molar-refractivity contribution is 5.93. The van der Waals surface area contributed by atoms with Gasteiger partial charge in [-0.1, -0.05) is 35.5 Å². The van der Waals surface area contributed by atoms with Crippen LogP contribution < -0.4 is 0 Å². The van der Waals surface area contributed by atoms with Crippen LogP contribution in [-0.2, 0) is 6.42 Å². The van der Waals surface area contributed by atoms with Crippen molar-refractivity contribution < 1.29 is 9.32 Å². The number of piperidine rings is 1. The zero-order chi connectivity index (χ0) is 18.6. The van der Waals surface area contributed by atoms with Crippen LogP contribution in [0.3, 0.4) is 0 Å². The maximum absolute atomic E-state index is 12.6. The molecule has 6 nitrogen and oxygen atoms in total. The number of aryl methyl sites for hydroxylation is 1. The molecule has 27 heavy (non-hydrogen) atoms. The van der Waals surface area contributed by atoms with Gasteiger partial charge in [-0.05, 0) is 37.8 Å².